The van der Waals surface area contributed by atoms with Crippen LogP contribution in [0.1, 0.15) is 27.2 Å². The van der Waals surface area contributed by atoms with E-state index in [-0.39, 0.29) is 17.5 Å². The standard InChI is InChI=1S/C16H27NO4Si/c1-15(2,3)21-14(19)17-8-12(9-22(4,5)6)16(10-17)7-13(18)20-11-16/h9H,7-8,10-11H2,1-6H3/b12-9+. The maximum atomic E-state index is 12.4. The molecule has 0 aromatic heterocycles. The van der Waals surface area contributed by atoms with Gasteiger partial charge in [-0.1, -0.05) is 25.3 Å². The lowest BCUT2D eigenvalue weighted by Gasteiger charge is -2.25. The number of hydrogen-bond donors (Lipinski definition) is 0. The topological polar surface area (TPSA) is 55.8 Å². The Morgan fingerprint density at radius 2 is 2.00 bits per heavy atom. The Bertz CT molecular complexity index is 515. The molecule has 2 saturated heterocycles. The van der Waals surface area contributed by atoms with Crippen LogP contribution in [0.25, 0.3) is 0 Å². The van der Waals surface area contributed by atoms with Gasteiger partial charge in [0.05, 0.1) is 19.9 Å². The van der Waals surface area contributed by atoms with Gasteiger partial charge in [-0.05, 0) is 26.3 Å². The fourth-order valence-corrected chi connectivity index (χ4v) is 4.42. The molecule has 0 bridgehead atoms. The summed E-state index contributed by atoms with van der Waals surface area (Å²) in [7, 11) is -1.46. The summed E-state index contributed by atoms with van der Waals surface area (Å²) in [6.07, 6.45) is 0.0491. The molecule has 5 nitrogen and oxygen atoms in total. The van der Waals surface area contributed by atoms with Crippen LogP contribution < -0.4 is 0 Å². The molecule has 1 spiro atoms. The second-order valence-corrected chi connectivity index (χ2v) is 13.5. The highest BCUT2D eigenvalue weighted by Gasteiger charge is 2.51. The molecule has 0 aliphatic carbocycles. The van der Waals surface area contributed by atoms with Crippen molar-refractivity contribution in [3.63, 3.8) is 0 Å². The minimum absolute atomic E-state index is 0.174. The van der Waals surface area contributed by atoms with Crippen LogP contribution in [0.3, 0.4) is 0 Å². The number of ether oxygens (including phenoxy) is 2. The number of amides is 1. The van der Waals surface area contributed by atoms with E-state index in [1.54, 1.807) is 4.90 Å². The molecule has 2 rings (SSSR count). The fourth-order valence-electron chi connectivity index (χ4n) is 2.98. The van der Waals surface area contributed by atoms with Gasteiger partial charge in [0.1, 0.15) is 12.2 Å². The van der Waals surface area contributed by atoms with Gasteiger partial charge in [0, 0.05) is 13.1 Å². The lowest BCUT2D eigenvalue weighted by molar-refractivity contribution is -0.137. The number of likely N-dealkylation sites (tertiary alicyclic amines) is 1. The molecule has 1 amide bonds. The number of hydrogen-bond acceptors (Lipinski definition) is 4. The first-order valence-electron chi connectivity index (χ1n) is 7.76. The summed E-state index contributed by atoms with van der Waals surface area (Å²) >= 11 is 0. The number of nitrogens with zero attached hydrogens (tertiary/aromatic N) is 1. The zero-order valence-corrected chi connectivity index (χ0v) is 15.5. The third-order valence-electron chi connectivity index (χ3n) is 3.79. The van der Waals surface area contributed by atoms with E-state index in [1.165, 1.54) is 5.57 Å². The Labute approximate surface area is 133 Å². The van der Waals surface area contributed by atoms with E-state index in [0.717, 1.165) is 0 Å². The van der Waals surface area contributed by atoms with Gasteiger partial charge in [-0.25, -0.2) is 4.79 Å². The minimum Gasteiger partial charge on any atom is -0.465 e. The van der Waals surface area contributed by atoms with Crippen molar-refractivity contribution in [3.05, 3.63) is 11.3 Å². The Hall–Kier alpha value is -1.30. The van der Waals surface area contributed by atoms with E-state index in [0.29, 0.717) is 26.1 Å². The van der Waals surface area contributed by atoms with Gasteiger partial charge in [0.2, 0.25) is 0 Å². The normalized spacial score (nSPS) is 27.6. The van der Waals surface area contributed by atoms with Gasteiger partial charge in [0.15, 0.2) is 0 Å². The Morgan fingerprint density at radius 3 is 2.45 bits per heavy atom. The second kappa shape index (κ2) is 5.40. The minimum atomic E-state index is -1.46. The lowest BCUT2D eigenvalue weighted by atomic mass is 9.83. The molecule has 124 valence electrons. The van der Waals surface area contributed by atoms with Crippen molar-refractivity contribution in [2.75, 3.05) is 19.7 Å². The van der Waals surface area contributed by atoms with Crippen LogP contribution in [0, 0.1) is 5.41 Å². The molecular weight excluding hydrogens is 298 g/mol. The highest BCUT2D eigenvalue weighted by atomic mass is 28.3. The maximum absolute atomic E-state index is 12.4. The Balaban J connectivity index is 2.24. The van der Waals surface area contributed by atoms with Crippen molar-refractivity contribution in [2.24, 2.45) is 5.41 Å². The van der Waals surface area contributed by atoms with Crippen LogP contribution in [0.2, 0.25) is 19.6 Å². The van der Waals surface area contributed by atoms with Gasteiger partial charge in [-0.3, -0.25) is 4.79 Å². The van der Waals surface area contributed by atoms with E-state index in [4.69, 9.17) is 9.47 Å². The fraction of sp³-hybridized carbons (Fsp3) is 0.750. The summed E-state index contributed by atoms with van der Waals surface area (Å²) in [6, 6.07) is 0. The van der Waals surface area contributed by atoms with Crippen LogP contribution in [-0.4, -0.2) is 50.3 Å². The second-order valence-electron chi connectivity index (χ2n) is 8.49. The number of esters is 1. The summed E-state index contributed by atoms with van der Waals surface area (Å²) < 4.78 is 10.7. The summed E-state index contributed by atoms with van der Waals surface area (Å²) in [5.41, 5.74) is 2.62. The van der Waals surface area contributed by atoms with E-state index in [1.807, 2.05) is 20.8 Å². The van der Waals surface area contributed by atoms with Gasteiger partial charge in [-0.2, -0.15) is 0 Å². The molecule has 0 radical (unpaired) electrons. The third kappa shape index (κ3) is 3.91. The quantitative estimate of drug-likeness (QED) is 0.549. The molecule has 2 heterocycles. The Kier molecular flexibility index (Phi) is 4.19. The molecule has 0 saturated carbocycles. The molecule has 2 aliphatic rings. The first-order chi connectivity index (χ1) is 9.90. The smallest absolute Gasteiger partial charge is 0.410 e. The molecule has 22 heavy (non-hydrogen) atoms. The van der Waals surface area contributed by atoms with Crippen molar-refractivity contribution in [3.8, 4) is 0 Å². The first kappa shape index (κ1) is 17.1. The Morgan fingerprint density at radius 1 is 1.36 bits per heavy atom. The lowest BCUT2D eigenvalue weighted by Crippen LogP contribution is -2.37. The molecule has 0 aromatic carbocycles. The van der Waals surface area contributed by atoms with E-state index < -0.39 is 13.7 Å². The number of carbonyl (C=O) groups is 2. The van der Waals surface area contributed by atoms with Crippen molar-refractivity contribution in [1.29, 1.82) is 0 Å². The van der Waals surface area contributed by atoms with Gasteiger partial charge < -0.3 is 14.4 Å². The average Bonchev–Trinajstić information content (AvgIpc) is 2.81. The molecule has 2 aliphatic heterocycles. The largest absolute Gasteiger partial charge is 0.465 e. The predicted molar refractivity (Wildman–Crippen MR) is 87.2 cm³/mol. The highest BCUT2D eigenvalue weighted by Crippen LogP contribution is 2.44. The molecule has 6 heteroatoms. The zero-order chi connectivity index (χ0) is 16.8. The molecule has 1 atom stereocenters. The SMILES string of the molecule is CC(C)(C)OC(=O)N1C/C(=C\[Si](C)(C)C)C2(COC(=O)C2)C1. The number of carbonyl (C=O) groups excluding carboxylic acids is 2. The highest BCUT2D eigenvalue weighted by molar-refractivity contribution is 6.81. The van der Waals surface area contributed by atoms with Crippen LogP contribution >= 0.6 is 0 Å². The summed E-state index contributed by atoms with van der Waals surface area (Å²) in [5.74, 6) is -0.174. The average molecular weight is 325 g/mol. The molecular formula is C16H27NO4Si. The number of cyclic esters (lactones) is 1. The first-order valence-corrected chi connectivity index (χ1v) is 11.3. The van der Waals surface area contributed by atoms with E-state index in [2.05, 4.69) is 25.3 Å². The zero-order valence-electron chi connectivity index (χ0n) is 14.5. The van der Waals surface area contributed by atoms with E-state index >= 15 is 0 Å². The van der Waals surface area contributed by atoms with Gasteiger partial charge in [-0.15, -0.1) is 0 Å². The summed E-state index contributed by atoms with van der Waals surface area (Å²) in [5, 5.41) is 0. The van der Waals surface area contributed by atoms with Crippen molar-refractivity contribution < 1.29 is 19.1 Å². The van der Waals surface area contributed by atoms with Crippen molar-refractivity contribution in [1.82, 2.24) is 4.90 Å². The van der Waals surface area contributed by atoms with Crippen molar-refractivity contribution >= 4 is 20.1 Å². The van der Waals surface area contributed by atoms with Crippen LogP contribution in [0.5, 0.6) is 0 Å². The van der Waals surface area contributed by atoms with Crippen molar-refractivity contribution in [2.45, 2.75) is 52.4 Å². The molecule has 0 N–H and O–H groups in total. The van der Waals surface area contributed by atoms with Gasteiger partial charge >= 0.3 is 12.1 Å². The van der Waals surface area contributed by atoms with E-state index in [9.17, 15) is 9.59 Å². The molecule has 2 fully saturated rings. The monoisotopic (exact) mass is 325 g/mol. The number of rotatable bonds is 1. The molecule has 0 aromatic rings. The van der Waals surface area contributed by atoms with Gasteiger partial charge in [0.25, 0.3) is 0 Å². The molecule has 1 unspecified atom stereocenters. The summed E-state index contributed by atoms with van der Waals surface area (Å²) in [4.78, 5) is 25.7. The maximum Gasteiger partial charge on any atom is 0.410 e. The third-order valence-corrected chi connectivity index (χ3v) is 5.00. The predicted octanol–water partition coefficient (Wildman–Crippen LogP) is 2.97. The van der Waals surface area contributed by atoms with Crippen LogP contribution in [-0.2, 0) is 14.3 Å². The van der Waals surface area contributed by atoms with Crippen LogP contribution in [0.4, 0.5) is 4.79 Å². The van der Waals surface area contributed by atoms with Crippen LogP contribution in [0.15, 0.2) is 11.3 Å². The summed E-state index contributed by atoms with van der Waals surface area (Å²) in [6.45, 7) is 13.7.